The molecule has 3 aliphatic rings. The number of amides is 3. The van der Waals surface area contributed by atoms with E-state index in [0.717, 1.165) is 18.5 Å². The Morgan fingerprint density at radius 3 is 2.33 bits per heavy atom. The summed E-state index contributed by atoms with van der Waals surface area (Å²) in [7, 11) is 3.33. The van der Waals surface area contributed by atoms with Gasteiger partial charge in [0.25, 0.3) is 11.8 Å². The molecule has 45 heavy (non-hydrogen) atoms. The maximum absolute atomic E-state index is 13.5. The Hall–Kier alpha value is -4.96. The third-order valence-electron chi connectivity index (χ3n) is 9.22. The van der Waals surface area contributed by atoms with E-state index < -0.39 is 11.5 Å². The first-order chi connectivity index (χ1) is 21.7. The lowest BCUT2D eigenvalue weighted by molar-refractivity contribution is -0.134. The van der Waals surface area contributed by atoms with Crippen LogP contribution in [-0.2, 0) is 14.3 Å². The zero-order chi connectivity index (χ0) is 31.7. The van der Waals surface area contributed by atoms with E-state index >= 15 is 0 Å². The summed E-state index contributed by atoms with van der Waals surface area (Å²) in [6.07, 6.45) is 2.11. The predicted molar refractivity (Wildman–Crippen MR) is 173 cm³/mol. The maximum atomic E-state index is 13.5. The number of esters is 1. The van der Waals surface area contributed by atoms with Gasteiger partial charge in [0.05, 0.1) is 29.6 Å². The second-order valence-corrected chi connectivity index (χ2v) is 11.8. The van der Waals surface area contributed by atoms with Gasteiger partial charge in [-0.05, 0) is 80.8 Å². The van der Waals surface area contributed by atoms with Gasteiger partial charge < -0.3 is 25.6 Å². The van der Waals surface area contributed by atoms with Gasteiger partial charge in [-0.25, -0.2) is 4.79 Å². The molecule has 3 aromatic rings. The van der Waals surface area contributed by atoms with Crippen molar-refractivity contribution >= 4 is 46.3 Å². The van der Waals surface area contributed by atoms with Crippen molar-refractivity contribution in [3.63, 3.8) is 0 Å². The Kier molecular flexibility index (Phi) is 8.16. The second kappa shape index (κ2) is 12.2. The van der Waals surface area contributed by atoms with Crippen LogP contribution in [0.5, 0.6) is 0 Å². The van der Waals surface area contributed by atoms with Gasteiger partial charge in [0.2, 0.25) is 5.91 Å². The monoisotopic (exact) mass is 607 g/mol. The number of rotatable bonds is 5. The van der Waals surface area contributed by atoms with E-state index in [1.807, 2.05) is 67.4 Å². The molecule has 0 radical (unpaired) electrons. The summed E-state index contributed by atoms with van der Waals surface area (Å²) in [5.41, 5.74) is 4.85. The van der Waals surface area contributed by atoms with Crippen LogP contribution in [0.4, 0.5) is 11.4 Å². The average molecular weight is 608 g/mol. The van der Waals surface area contributed by atoms with Gasteiger partial charge in [0, 0.05) is 43.0 Å². The summed E-state index contributed by atoms with van der Waals surface area (Å²) in [4.78, 5) is 56.0. The van der Waals surface area contributed by atoms with Gasteiger partial charge in [-0.2, -0.15) is 0 Å². The molecule has 0 atom stereocenters. The topological polar surface area (TPSA) is 120 Å². The van der Waals surface area contributed by atoms with Gasteiger partial charge in [-0.3, -0.25) is 19.3 Å². The highest BCUT2D eigenvalue weighted by Gasteiger charge is 2.46. The lowest BCUT2D eigenvalue weighted by atomic mass is 9.85. The summed E-state index contributed by atoms with van der Waals surface area (Å²) in [5.74, 6) is -0.772. The fourth-order valence-electron chi connectivity index (χ4n) is 6.57. The highest BCUT2D eigenvalue weighted by molar-refractivity contribution is 6.37. The third-order valence-corrected chi connectivity index (χ3v) is 9.22. The van der Waals surface area contributed by atoms with E-state index in [1.54, 1.807) is 18.2 Å². The molecular formula is C35H37N5O5. The standard InChI is InChI=1S/C35H37N5O5/c1-22-20-27-28(21-26(22)33(43)45-3)38-31(41)29(27)30(23-8-5-4-6-9-23)37-25-12-10-24(11-13-25)32(42)40-18-14-35(15-19-40)34(44)36-16-7-17-39(35)2/h4-6,8-13,20-21,37H,7,14-19H2,1-3H3,(H,36,44)(H,38,41)/b30-29-. The number of aryl methyl sites for hydroxylation is 1. The molecule has 3 aliphatic heterocycles. The molecule has 3 N–H and O–H groups in total. The van der Waals surface area contributed by atoms with E-state index in [1.165, 1.54) is 7.11 Å². The molecule has 0 aliphatic carbocycles. The molecule has 0 aromatic heterocycles. The zero-order valence-electron chi connectivity index (χ0n) is 25.7. The first-order valence-corrected chi connectivity index (χ1v) is 15.2. The highest BCUT2D eigenvalue weighted by Crippen LogP contribution is 2.39. The number of nitrogens with zero attached hydrogens (tertiary/aromatic N) is 2. The van der Waals surface area contributed by atoms with E-state index in [9.17, 15) is 19.2 Å². The van der Waals surface area contributed by atoms with Crippen LogP contribution in [0.15, 0.2) is 66.7 Å². The molecule has 0 unspecified atom stereocenters. The molecule has 10 nitrogen and oxygen atoms in total. The Morgan fingerprint density at radius 2 is 1.64 bits per heavy atom. The van der Waals surface area contributed by atoms with Gasteiger partial charge in [0.15, 0.2) is 0 Å². The van der Waals surface area contributed by atoms with E-state index in [2.05, 4.69) is 20.9 Å². The van der Waals surface area contributed by atoms with Crippen LogP contribution in [0.3, 0.4) is 0 Å². The number of carbonyl (C=O) groups excluding carboxylic acids is 4. The molecule has 10 heteroatoms. The normalized spacial score (nSPS) is 18.9. The predicted octanol–water partition coefficient (Wildman–Crippen LogP) is 4.14. The summed E-state index contributed by atoms with van der Waals surface area (Å²) >= 11 is 0. The number of methoxy groups -OCH3 is 1. The lowest BCUT2D eigenvalue weighted by Crippen LogP contribution is -2.61. The van der Waals surface area contributed by atoms with Gasteiger partial charge in [-0.15, -0.1) is 0 Å². The number of likely N-dealkylation sites (tertiary alicyclic amines) is 1. The summed E-state index contributed by atoms with van der Waals surface area (Å²) in [6, 6.07) is 20.2. The number of hydrogen-bond donors (Lipinski definition) is 3. The number of carbonyl (C=O) groups is 4. The van der Waals surface area contributed by atoms with Crippen molar-refractivity contribution in [2.75, 3.05) is 51.0 Å². The van der Waals surface area contributed by atoms with Crippen LogP contribution in [0.2, 0.25) is 0 Å². The molecule has 0 saturated carbocycles. The van der Waals surface area contributed by atoms with Crippen LogP contribution < -0.4 is 16.0 Å². The van der Waals surface area contributed by atoms with Gasteiger partial charge in [-0.1, -0.05) is 30.3 Å². The van der Waals surface area contributed by atoms with Crippen molar-refractivity contribution in [2.24, 2.45) is 0 Å². The molecule has 3 aromatic carbocycles. The van der Waals surface area contributed by atoms with Crippen molar-refractivity contribution in [1.29, 1.82) is 0 Å². The average Bonchev–Trinajstić information content (AvgIpc) is 3.31. The molecule has 3 heterocycles. The minimum atomic E-state index is -0.563. The number of likely N-dealkylation sites (N-methyl/N-ethyl adjacent to an activating group) is 1. The van der Waals surface area contributed by atoms with E-state index in [4.69, 9.17) is 4.74 Å². The number of fused-ring (bicyclic) bond motifs is 1. The third kappa shape index (κ3) is 5.57. The molecule has 6 rings (SSSR count). The van der Waals surface area contributed by atoms with Crippen LogP contribution in [0.1, 0.15) is 56.7 Å². The molecule has 1 spiro atoms. The largest absolute Gasteiger partial charge is 0.465 e. The number of ether oxygens (including phenoxy) is 1. The van der Waals surface area contributed by atoms with E-state index in [0.29, 0.717) is 77.4 Å². The van der Waals surface area contributed by atoms with Gasteiger partial charge >= 0.3 is 5.97 Å². The summed E-state index contributed by atoms with van der Waals surface area (Å²) in [6.45, 7) is 4.36. The fourth-order valence-corrected chi connectivity index (χ4v) is 6.57. The minimum absolute atomic E-state index is 0.0611. The fraction of sp³-hybridized carbons (Fsp3) is 0.314. The van der Waals surface area contributed by atoms with Crippen molar-refractivity contribution < 1.29 is 23.9 Å². The quantitative estimate of drug-likeness (QED) is 0.295. The van der Waals surface area contributed by atoms with E-state index in [-0.39, 0.29) is 17.7 Å². The molecule has 3 amide bonds. The SMILES string of the molecule is COC(=O)c1cc2c(cc1C)/C(=C(/Nc1ccc(C(=O)N3CCC4(CC3)C(=O)NCCCN4C)cc1)c1ccccc1)C(=O)N2. The zero-order valence-corrected chi connectivity index (χ0v) is 25.7. The van der Waals surface area contributed by atoms with Crippen LogP contribution in [-0.4, -0.2) is 79.4 Å². The molecule has 232 valence electrons. The second-order valence-electron chi connectivity index (χ2n) is 11.8. The number of piperidine rings is 1. The lowest BCUT2D eigenvalue weighted by Gasteiger charge is -2.44. The van der Waals surface area contributed by atoms with Crippen molar-refractivity contribution in [3.05, 3.63) is 94.5 Å². The molecule has 0 bridgehead atoms. The summed E-state index contributed by atoms with van der Waals surface area (Å²) < 4.78 is 4.91. The number of benzene rings is 3. The van der Waals surface area contributed by atoms with Crippen molar-refractivity contribution in [3.8, 4) is 0 Å². The Balaban J connectivity index is 1.25. The van der Waals surface area contributed by atoms with Crippen molar-refractivity contribution in [2.45, 2.75) is 31.7 Å². The first-order valence-electron chi connectivity index (χ1n) is 15.2. The minimum Gasteiger partial charge on any atom is -0.465 e. The van der Waals surface area contributed by atoms with Crippen LogP contribution in [0, 0.1) is 6.92 Å². The number of hydrogen-bond acceptors (Lipinski definition) is 7. The van der Waals surface area contributed by atoms with Gasteiger partial charge in [0.1, 0.15) is 5.54 Å². The Bertz CT molecular complexity index is 1690. The van der Waals surface area contributed by atoms with Crippen LogP contribution >= 0.6 is 0 Å². The summed E-state index contributed by atoms with van der Waals surface area (Å²) in [5, 5.41) is 9.37. The number of nitrogens with one attached hydrogen (secondary N) is 3. The van der Waals surface area contributed by atoms with Crippen molar-refractivity contribution in [1.82, 2.24) is 15.1 Å². The Morgan fingerprint density at radius 1 is 0.933 bits per heavy atom. The maximum Gasteiger partial charge on any atom is 0.338 e. The molecule has 2 fully saturated rings. The Labute approximate surface area is 262 Å². The highest BCUT2D eigenvalue weighted by atomic mass is 16.5. The molecular weight excluding hydrogens is 570 g/mol. The first kappa shape index (κ1) is 30.1. The molecule has 2 saturated heterocycles. The smallest absolute Gasteiger partial charge is 0.338 e. The van der Waals surface area contributed by atoms with Crippen LogP contribution in [0.25, 0.3) is 11.3 Å². The number of anilines is 2.